The summed E-state index contributed by atoms with van der Waals surface area (Å²) in [5.74, 6) is -0.262. The molecular formula is C20H21N5O3. The predicted molar refractivity (Wildman–Crippen MR) is 106 cm³/mol. The van der Waals surface area contributed by atoms with Gasteiger partial charge in [0.15, 0.2) is 0 Å². The minimum Gasteiger partial charge on any atom is -0.494 e. The van der Waals surface area contributed by atoms with E-state index in [1.165, 1.54) is 23.2 Å². The maximum atomic E-state index is 12.8. The zero-order chi connectivity index (χ0) is 20.1. The highest BCUT2D eigenvalue weighted by atomic mass is 16.3. The lowest BCUT2D eigenvalue weighted by atomic mass is 10.1. The summed E-state index contributed by atoms with van der Waals surface area (Å²) < 4.78 is 2.31. The second kappa shape index (κ2) is 8.43. The molecule has 28 heavy (non-hydrogen) atoms. The molecule has 0 saturated carbocycles. The van der Waals surface area contributed by atoms with Gasteiger partial charge in [0.2, 0.25) is 11.8 Å². The standard InChI is InChI=1S/C20H21N5O3/c1-14(2)25-18(27)16(13-23-19-21-10-6-11-22-19)17(26)24(20(25)28)12-9-15-7-4-3-5-8-15/h3-8,10-11,13-14,26H,9,12H2,1-2H3/b23-13+. The molecule has 0 unspecified atom stereocenters. The lowest BCUT2D eigenvalue weighted by molar-refractivity contribution is 0.381. The molecule has 8 heteroatoms. The number of hydrogen-bond donors (Lipinski definition) is 1. The highest BCUT2D eigenvalue weighted by Crippen LogP contribution is 2.13. The Balaban J connectivity index is 2.06. The molecule has 0 saturated heterocycles. The summed E-state index contributed by atoms with van der Waals surface area (Å²) in [6, 6.07) is 10.9. The Labute approximate surface area is 161 Å². The molecule has 0 aliphatic rings. The van der Waals surface area contributed by atoms with Crippen LogP contribution in [-0.4, -0.2) is 30.4 Å². The number of nitrogens with zero attached hydrogens (tertiary/aromatic N) is 5. The van der Waals surface area contributed by atoms with Crippen molar-refractivity contribution in [3.8, 4) is 5.88 Å². The molecule has 144 valence electrons. The highest BCUT2D eigenvalue weighted by Gasteiger charge is 2.19. The third kappa shape index (κ3) is 4.06. The van der Waals surface area contributed by atoms with Crippen molar-refractivity contribution < 1.29 is 5.11 Å². The van der Waals surface area contributed by atoms with E-state index in [2.05, 4.69) is 15.0 Å². The van der Waals surface area contributed by atoms with Crippen molar-refractivity contribution in [2.45, 2.75) is 32.9 Å². The van der Waals surface area contributed by atoms with Gasteiger partial charge < -0.3 is 5.11 Å². The summed E-state index contributed by atoms with van der Waals surface area (Å²) in [6.45, 7) is 3.70. The van der Waals surface area contributed by atoms with Gasteiger partial charge in [-0.15, -0.1) is 0 Å². The summed E-state index contributed by atoms with van der Waals surface area (Å²) in [5, 5.41) is 10.6. The fourth-order valence-corrected chi connectivity index (χ4v) is 2.81. The Bertz CT molecular complexity index is 1090. The number of rotatable bonds is 6. The highest BCUT2D eigenvalue weighted by molar-refractivity contribution is 5.83. The van der Waals surface area contributed by atoms with Gasteiger partial charge in [0.25, 0.3) is 5.56 Å². The number of hydrogen-bond acceptors (Lipinski definition) is 6. The van der Waals surface area contributed by atoms with Crippen LogP contribution in [0.2, 0.25) is 0 Å². The topological polar surface area (TPSA) is 102 Å². The third-order valence-corrected chi connectivity index (χ3v) is 4.23. The SMILES string of the molecule is CC(C)n1c(=O)c(/C=N/c2ncccn2)c(O)n(CCc2ccccc2)c1=O. The van der Waals surface area contributed by atoms with Gasteiger partial charge in [-0.1, -0.05) is 30.3 Å². The minimum absolute atomic E-state index is 0.0752. The zero-order valence-electron chi connectivity index (χ0n) is 15.7. The van der Waals surface area contributed by atoms with Crippen molar-refractivity contribution in [1.29, 1.82) is 0 Å². The Kier molecular flexibility index (Phi) is 5.78. The third-order valence-electron chi connectivity index (χ3n) is 4.23. The first-order valence-electron chi connectivity index (χ1n) is 8.92. The first kappa shape index (κ1) is 19.2. The summed E-state index contributed by atoms with van der Waals surface area (Å²) >= 11 is 0. The fourth-order valence-electron chi connectivity index (χ4n) is 2.81. The van der Waals surface area contributed by atoms with Crippen LogP contribution in [0.15, 0.2) is 63.4 Å². The van der Waals surface area contributed by atoms with Crippen LogP contribution < -0.4 is 11.2 Å². The predicted octanol–water partition coefficient (Wildman–Crippen LogP) is 2.08. The molecule has 0 radical (unpaired) electrons. The van der Waals surface area contributed by atoms with Gasteiger partial charge in [0.1, 0.15) is 5.56 Å². The molecular weight excluding hydrogens is 358 g/mol. The molecule has 0 aliphatic heterocycles. The Morgan fingerprint density at radius 1 is 1.11 bits per heavy atom. The number of aliphatic imine (C=N–C) groups is 1. The van der Waals surface area contributed by atoms with E-state index < -0.39 is 17.1 Å². The molecule has 0 atom stereocenters. The van der Waals surface area contributed by atoms with E-state index in [9.17, 15) is 14.7 Å². The largest absolute Gasteiger partial charge is 0.494 e. The van der Waals surface area contributed by atoms with Gasteiger partial charge in [-0.3, -0.25) is 13.9 Å². The van der Waals surface area contributed by atoms with Crippen LogP contribution in [0.1, 0.15) is 31.0 Å². The molecule has 3 rings (SSSR count). The molecule has 2 aromatic heterocycles. The second-order valence-corrected chi connectivity index (χ2v) is 6.48. The monoisotopic (exact) mass is 379 g/mol. The molecule has 2 heterocycles. The van der Waals surface area contributed by atoms with Gasteiger partial charge in [-0.2, -0.15) is 0 Å². The maximum absolute atomic E-state index is 12.8. The summed E-state index contributed by atoms with van der Waals surface area (Å²) in [5.41, 5.74) is -0.215. The average Bonchev–Trinajstić information content (AvgIpc) is 2.69. The molecule has 0 fully saturated rings. The van der Waals surface area contributed by atoms with E-state index >= 15 is 0 Å². The lowest BCUT2D eigenvalue weighted by Gasteiger charge is -2.16. The first-order chi connectivity index (χ1) is 13.5. The van der Waals surface area contributed by atoms with Gasteiger partial charge in [-0.25, -0.2) is 19.8 Å². The van der Waals surface area contributed by atoms with Crippen LogP contribution in [0.3, 0.4) is 0 Å². The molecule has 3 aromatic rings. The van der Waals surface area contributed by atoms with Gasteiger partial charge in [-0.05, 0) is 31.9 Å². The number of aromatic nitrogens is 4. The lowest BCUT2D eigenvalue weighted by Crippen LogP contribution is -2.42. The van der Waals surface area contributed by atoms with E-state index in [-0.39, 0.29) is 24.1 Å². The molecule has 1 aromatic carbocycles. The fraction of sp³-hybridized carbons (Fsp3) is 0.250. The molecule has 0 bridgehead atoms. The van der Waals surface area contributed by atoms with E-state index in [4.69, 9.17) is 0 Å². The number of benzene rings is 1. The van der Waals surface area contributed by atoms with Crippen LogP contribution in [0.25, 0.3) is 0 Å². The van der Waals surface area contributed by atoms with E-state index in [1.54, 1.807) is 19.9 Å². The van der Waals surface area contributed by atoms with Crippen LogP contribution in [0, 0.1) is 0 Å². The molecule has 8 nitrogen and oxygen atoms in total. The zero-order valence-corrected chi connectivity index (χ0v) is 15.7. The van der Waals surface area contributed by atoms with Gasteiger partial charge >= 0.3 is 5.69 Å². The van der Waals surface area contributed by atoms with Crippen molar-refractivity contribution in [2.75, 3.05) is 0 Å². The minimum atomic E-state index is -0.604. The normalized spacial score (nSPS) is 11.4. The molecule has 0 aliphatic carbocycles. The van der Waals surface area contributed by atoms with Crippen LogP contribution in [-0.2, 0) is 13.0 Å². The average molecular weight is 379 g/mol. The summed E-state index contributed by atoms with van der Waals surface area (Å²) in [4.78, 5) is 37.5. The van der Waals surface area contributed by atoms with Gasteiger partial charge in [0, 0.05) is 31.2 Å². The molecule has 0 spiro atoms. The van der Waals surface area contributed by atoms with E-state index in [0.717, 1.165) is 10.1 Å². The van der Waals surface area contributed by atoms with Crippen LogP contribution in [0.4, 0.5) is 5.95 Å². The summed E-state index contributed by atoms with van der Waals surface area (Å²) in [7, 11) is 0. The molecule has 0 amide bonds. The Hall–Kier alpha value is -3.55. The van der Waals surface area contributed by atoms with Crippen molar-refractivity contribution in [3.05, 3.63) is 80.8 Å². The van der Waals surface area contributed by atoms with Crippen molar-refractivity contribution in [3.63, 3.8) is 0 Å². The first-order valence-corrected chi connectivity index (χ1v) is 8.92. The smallest absolute Gasteiger partial charge is 0.334 e. The quantitative estimate of drug-likeness (QED) is 0.661. The van der Waals surface area contributed by atoms with Crippen molar-refractivity contribution in [1.82, 2.24) is 19.1 Å². The number of aromatic hydroxyl groups is 1. The van der Waals surface area contributed by atoms with Crippen molar-refractivity contribution >= 4 is 12.2 Å². The maximum Gasteiger partial charge on any atom is 0.334 e. The van der Waals surface area contributed by atoms with E-state index in [0.29, 0.717) is 6.42 Å². The van der Waals surface area contributed by atoms with Gasteiger partial charge in [0.05, 0.1) is 0 Å². The molecule has 1 N–H and O–H groups in total. The van der Waals surface area contributed by atoms with E-state index in [1.807, 2.05) is 30.3 Å². The summed E-state index contributed by atoms with van der Waals surface area (Å²) in [6.07, 6.45) is 4.77. The number of aryl methyl sites for hydroxylation is 1. The van der Waals surface area contributed by atoms with Crippen LogP contribution in [0.5, 0.6) is 5.88 Å². The van der Waals surface area contributed by atoms with Crippen LogP contribution >= 0.6 is 0 Å². The Morgan fingerprint density at radius 2 is 1.79 bits per heavy atom. The second-order valence-electron chi connectivity index (χ2n) is 6.48. The Morgan fingerprint density at radius 3 is 2.43 bits per heavy atom. The van der Waals surface area contributed by atoms with Crippen molar-refractivity contribution in [2.24, 2.45) is 4.99 Å².